The number of hydrogen-bond acceptors (Lipinski definition) is 4. The molecule has 0 atom stereocenters. The minimum Gasteiger partial charge on any atom is -0.361 e. The Bertz CT molecular complexity index is 413. The summed E-state index contributed by atoms with van der Waals surface area (Å²) >= 11 is 1.44. The molecule has 0 bridgehead atoms. The summed E-state index contributed by atoms with van der Waals surface area (Å²) in [5.41, 5.74) is 0.804. The van der Waals surface area contributed by atoms with Crippen LogP contribution in [0.1, 0.15) is 49.5 Å². The molecule has 1 amide bonds. The first-order valence-electron chi connectivity index (χ1n) is 6.89. The van der Waals surface area contributed by atoms with Crippen molar-refractivity contribution in [3.05, 3.63) is 10.6 Å². The summed E-state index contributed by atoms with van der Waals surface area (Å²) in [5, 5.41) is 7.06. The van der Waals surface area contributed by atoms with Crippen LogP contribution in [-0.2, 0) is 0 Å². The molecule has 5 heteroatoms. The van der Waals surface area contributed by atoms with Gasteiger partial charge in [-0.25, -0.2) is 4.98 Å². The number of carbonyl (C=O) groups is 1. The van der Waals surface area contributed by atoms with Crippen LogP contribution in [0.15, 0.2) is 0 Å². The molecule has 4 nitrogen and oxygen atoms in total. The van der Waals surface area contributed by atoms with Crippen molar-refractivity contribution in [1.29, 1.82) is 0 Å². The van der Waals surface area contributed by atoms with E-state index >= 15 is 0 Å². The van der Waals surface area contributed by atoms with Gasteiger partial charge >= 0.3 is 0 Å². The van der Waals surface area contributed by atoms with Crippen LogP contribution >= 0.6 is 11.3 Å². The molecule has 0 fully saturated rings. The molecule has 2 N–H and O–H groups in total. The van der Waals surface area contributed by atoms with E-state index in [0.29, 0.717) is 23.3 Å². The first-order valence-corrected chi connectivity index (χ1v) is 7.71. The van der Waals surface area contributed by atoms with E-state index in [1.807, 2.05) is 6.92 Å². The standard InChI is InChI=1S/C14H25N3OS/c1-9(2)6-7-15-14-17-11(5)12(19-14)13(18)16-8-10(3)4/h9-10H,6-8H2,1-5H3,(H,15,17)(H,16,18). The highest BCUT2D eigenvalue weighted by Gasteiger charge is 2.15. The second-order valence-corrected chi connectivity index (χ2v) is 6.65. The van der Waals surface area contributed by atoms with Gasteiger partial charge in [-0.3, -0.25) is 4.79 Å². The molecule has 19 heavy (non-hydrogen) atoms. The van der Waals surface area contributed by atoms with Crippen molar-refractivity contribution in [1.82, 2.24) is 10.3 Å². The topological polar surface area (TPSA) is 54.0 Å². The third kappa shape index (κ3) is 5.59. The maximum Gasteiger partial charge on any atom is 0.263 e. The number of amides is 1. The van der Waals surface area contributed by atoms with Gasteiger partial charge in [0.25, 0.3) is 5.91 Å². The number of anilines is 1. The smallest absolute Gasteiger partial charge is 0.263 e. The quantitative estimate of drug-likeness (QED) is 0.807. The van der Waals surface area contributed by atoms with Gasteiger partial charge in [0.2, 0.25) is 0 Å². The van der Waals surface area contributed by atoms with E-state index in [9.17, 15) is 4.79 Å². The second kappa shape index (κ2) is 7.48. The number of hydrogen-bond donors (Lipinski definition) is 2. The summed E-state index contributed by atoms with van der Waals surface area (Å²) in [6, 6.07) is 0. The molecule has 1 aromatic heterocycles. The van der Waals surface area contributed by atoms with Crippen molar-refractivity contribution in [2.24, 2.45) is 11.8 Å². The van der Waals surface area contributed by atoms with Gasteiger partial charge in [-0.05, 0) is 25.2 Å². The van der Waals surface area contributed by atoms with Crippen LogP contribution in [0.25, 0.3) is 0 Å². The minimum absolute atomic E-state index is 0.0133. The lowest BCUT2D eigenvalue weighted by atomic mass is 10.1. The predicted molar refractivity (Wildman–Crippen MR) is 82.0 cm³/mol. The highest BCUT2D eigenvalue weighted by molar-refractivity contribution is 7.17. The van der Waals surface area contributed by atoms with E-state index in [2.05, 4.69) is 43.3 Å². The number of carbonyl (C=O) groups excluding carboxylic acids is 1. The Labute approximate surface area is 120 Å². The Kier molecular flexibility index (Phi) is 6.28. The Hall–Kier alpha value is -1.10. The summed E-state index contributed by atoms with van der Waals surface area (Å²) in [6.07, 6.45) is 1.10. The number of rotatable bonds is 7. The van der Waals surface area contributed by atoms with Crippen LogP contribution in [0.4, 0.5) is 5.13 Å². The van der Waals surface area contributed by atoms with E-state index in [1.54, 1.807) is 0 Å². The zero-order valence-electron chi connectivity index (χ0n) is 12.5. The molecule has 0 aliphatic heterocycles. The molecular formula is C14H25N3OS. The molecule has 0 unspecified atom stereocenters. The maximum absolute atomic E-state index is 12.0. The van der Waals surface area contributed by atoms with Crippen molar-refractivity contribution >= 4 is 22.4 Å². The maximum atomic E-state index is 12.0. The fourth-order valence-electron chi connectivity index (χ4n) is 1.53. The Morgan fingerprint density at radius 1 is 1.26 bits per heavy atom. The molecule has 0 spiro atoms. The van der Waals surface area contributed by atoms with Gasteiger partial charge in [-0.15, -0.1) is 0 Å². The highest BCUT2D eigenvalue weighted by atomic mass is 32.1. The molecule has 0 saturated heterocycles. The Morgan fingerprint density at radius 2 is 1.95 bits per heavy atom. The molecular weight excluding hydrogens is 258 g/mol. The van der Waals surface area contributed by atoms with Crippen LogP contribution in [0.5, 0.6) is 0 Å². The fraction of sp³-hybridized carbons (Fsp3) is 0.714. The van der Waals surface area contributed by atoms with E-state index in [1.165, 1.54) is 11.3 Å². The highest BCUT2D eigenvalue weighted by Crippen LogP contribution is 2.22. The van der Waals surface area contributed by atoms with Gasteiger partial charge in [-0.2, -0.15) is 0 Å². The zero-order chi connectivity index (χ0) is 14.4. The molecule has 1 heterocycles. The molecule has 1 rings (SSSR count). The monoisotopic (exact) mass is 283 g/mol. The van der Waals surface area contributed by atoms with Gasteiger partial charge in [0.05, 0.1) is 5.69 Å². The summed E-state index contributed by atoms with van der Waals surface area (Å²) in [4.78, 5) is 17.1. The summed E-state index contributed by atoms with van der Waals surface area (Å²) < 4.78 is 0. The van der Waals surface area contributed by atoms with E-state index < -0.39 is 0 Å². The normalized spacial score (nSPS) is 11.1. The first-order chi connectivity index (χ1) is 8.90. The van der Waals surface area contributed by atoms with Gasteiger partial charge in [0.1, 0.15) is 4.88 Å². The average Bonchev–Trinajstić information content (AvgIpc) is 2.67. The third-order valence-corrected chi connectivity index (χ3v) is 3.79. The molecule has 108 valence electrons. The number of aromatic nitrogens is 1. The molecule has 0 radical (unpaired) electrons. The minimum atomic E-state index is -0.0133. The number of nitrogens with zero attached hydrogens (tertiary/aromatic N) is 1. The molecule has 1 aromatic rings. The average molecular weight is 283 g/mol. The third-order valence-electron chi connectivity index (χ3n) is 2.67. The summed E-state index contributed by atoms with van der Waals surface area (Å²) in [5.74, 6) is 1.11. The fourth-order valence-corrected chi connectivity index (χ4v) is 2.44. The van der Waals surface area contributed by atoms with E-state index in [0.717, 1.165) is 23.8 Å². The van der Waals surface area contributed by atoms with Gasteiger partial charge < -0.3 is 10.6 Å². The molecule has 0 aliphatic rings. The van der Waals surface area contributed by atoms with Gasteiger partial charge in [0, 0.05) is 13.1 Å². The Balaban J connectivity index is 2.55. The lowest BCUT2D eigenvalue weighted by Gasteiger charge is -2.06. The molecule has 0 aliphatic carbocycles. The van der Waals surface area contributed by atoms with Crippen molar-refractivity contribution in [3.8, 4) is 0 Å². The summed E-state index contributed by atoms with van der Waals surface area (Å²) in [7, 11) is 0. The lowest BCUT2D eigenvalue weighted by Crippen LogP contribution is -2.27. The van der Waals surface area contributed by atoms with Crippen LogP contribution in [-0.4, -0.2) is 24.0 Å². The second-order valence-electron chi connectivity index (χ2n) is 5.65. The predicted octanol–water partition coefficient (Wildman–Crippen LogP) is 3.30. The van der Waals surface area contributed by atoms with E-state index in [4.69, 9.17) is 0 Å². The molecule has 0 saturated carbocycles. The first kappa shape index (κ1) is 16.0. The zero-order valence-corrected chi connectivity index (χ0v) is 13.4. The van der Waals surface area contributed by atoms with E-state index in [-0.39, 0.29) is 5.91 Å². The van der Waals surface area contributed by atoms with Crippen molar-refractivity contribution in [2.45, 2.75) is 41.0 Å². The molecule has 0 aromatic carbocycles. The SMILES string of the molecule is Cc1nc(NCCC(C)C)sc1C(=O)NCC(C)C. The van der Waals surface area contributed by atoms with Crippen LogP contribution in [0, 0.1) is 18.8 Å². The van der Waals surface area contributed by atoms with Crippen molar-refractivity contribution in [2.75, 3.05) is 18.4 Å². The van der Waals surface area contributed by atoms with Gasteiger partial charge in [-0.1, -0.05) is 39.0 Å². The number of nitrogens with one attached hydrogen (secondary N) is 2. The Morgan fingerprint density at radius 3 is 2.53 bits per heavy atom. The number of thiazole rings is 1. The van der Waals surface area contributed by atoms with Gasteiger partial charge in [0.15, 0.2) is 5.13 Å². The summed E-state index contributed by atoms with van der Waals surface area (Å²) in [6.45, 7) is 12.0. The van der Waals surface area contributed by atoms with Crippen LogP contribution < -0.4 is 10.6 Å². The van der Waals surface area contributed by atoms with Crippen molar-refractivity contribution < 1.29 is 4.79 Å². The van der Waals surface area contributed by atoms with Crippen molar-refractivity contribution in [3.63, 3.8) is 0 Å². The lowest BCUT2D eigenvalue weighted by molar-refractivity contribution is 0.0952. The largest absolute Gasteiger partial charge is 0.361 e. The van der Waals surface area contributed by atoms with Crippen LogP contribution in [0.2, 0.25) is 0 Å². The number of aryl methyl sites for hydroxylation is 1. The van der Waals surface area contributed by atoms with Crippen LogP contribution in [0.3, 0.4) is 0 Å².